The van der Waals surface area contributed by atoms with E-state index >= 15 is 0 Å². The molecular weight excluding hydrogens is 308 g/mol. The highest BCUT2D eigenvalue weighted by Gasteiger charge is 1.98. The van der Waals surface area contributed by atoms with Crippen LogP contribution in [-0.4, -0.2) is 11.2 Å². The van der Waals surface area contributed by atoms with Crippen molar-refractivity contribution in [2.24, 2.45) is 4.99 Å². The predicted octanol–water partition coefficient (Wildman–Crippen LogP) is 5.75. The second-order valence-electron chi connectivity index (χ2n) is 5.62. The molecule has 0 spiro atoms. The van der Waals surface area contributed by atoms with Gasteiger partial charge in [-0.15, -0.1) is 0 Å². The molecule has 4 aromatic rings. The van der Waals surface area contributed by atoms with Crippen LogP contribution in [0.4, 0.5) is 5.69 Å². The van der Waals surface area contributed by atoms with E-state index in [-0.39, 0.29) is 0 Å². The van der Waals surface area contributed by atoms with Gasteiger partial charge in [-0.3, -0.25) is 9.98 Å². The third kappa shape index (κ3) is 3.56. The van der Waals surface area contributed by atoms with Crippen LogP contribution in [0.25, 0.3) is 23.1 Å². The number of benzene rings is 2. The molecule has 2 heterocycles. The fourth-order valence-electron chi connectivity index (χ4n) is 2.62. The Kier molecular flexibility index (Phi) is 4.21. The van der Waals surface area contributed by atoms with Gasteiger partial charge < -0.3 is 4.42 Å². The maximum atomic E-state index is 5.24. The zero-order valence-corrected chi connectivity index (χ0v) is 13.5. The summed E-state index contributed by atoms with van der Waals surface area (Å²) in [5.74, 6) is 0.744. The summed E-state index contributed by atoms with van der Waals surface area (Å²) in [4.78, 5) is 8.79. The fourth-order valence-corrected chi connectivity index (χ4v) is 2.62. The number of para-hydroxylation sites is 1. The molecule has 0 saturated heterocycles. The Morgan fingerprint density at radius 2 is 1.72 bits per heavy atom. The molecule has 0 fully saturated rings. The SMILES string of the molecule is C(=Nc1ccc(/C=C/c2ccnc3ccccc23)cc1)c1ccco1. The number of hydrogen-bond donors (Lipinski definition) is 0. The van der Waals surface area contributed by atoms with Crippen LogP contribution in [0.3, 0.4) is 0 Å². The summed E-state index contributed by atoms with van der Waals surface area (Å²) in [5.41, 5.74) is 4.18. The Morgan fingerprint density at radius 3 is 2.56 bits per heavy atom. The monoisotopic (exact) mass is 324 g/mol. The van der Waals surface area contributed by atoms with E-state index in [0.29, 0.717) is 0 Å². The molecule has 0 N–H and O–H groups in total. The zero-order valence-electron chi connectivity index (χ0n) is 13.5. The summed E-state index contributed by atoms with van der Waals surface area (Å²) < 4.78 is 5.24. The maximum absolute atomic E-state index is 5.24. The van der Waals surface area contributed by atoms with Crippen molar-refractivity contribution in [2.75, 3.05) is 0 Å². The highest BCUT2D eigenvalue weighted by Crippen LogP contribution is 2.20. The van der Waals surface area contributed by atoms with Crippen molar-refractivity contribution in [3.63, 3.8) is 0 Å². The van der Waals surface area contributed by atoms with Gasteiger partial charge in [0, 0.05) is 11.6 Å². The number of furan rings is 1. The molecule has 0 aliphatic carbocycles. The molecule has 3 heteroatoms. The van der Waals surface area contributed by atoms with Crippen LogP contribution in [0.2, 0.25) is 0 Å². The van der Waals surface area contributed by atoms with Crippen molar-refractivity contribution in [2.45, 2.75) is 0 Å². The largest absolute Gasteiger partial charge is 0.463 e. The van der Waals surface area contributed by atoms with Crippen LogP contribution in [0, 0.1) is 0 Å². The first-order valence-corrected chi connectivity index (χ1v) is 8.08. The van der Waals surface area contributed by atoms with Crippen molar-refractivity contribution in [1.29, 1.82) is 0 Å². The van der Waals surface area contributed by atoms with Gasteiger partial charge in [0.05, 0.1) is 23.7 Å². The molecule has 0 saturated carbocycles. The summed E-state index contributed by atoms with van der Waals surface area (Å²) >= 11 is 0. The lowest BCUT2D eigenvalue weighted by Gasteiger charge is -2.01. The summed E-state index contributed by atoms with van der Waals surface area (Å²) in [6.45, 7) is 0. The first-order chi connectivity index (χ1) is 12.4. The summed E-state index contributed by atoms with van der Waals surface area (Å²) in [7, 11) is 0. The summed E-state index contributed by atoms with van der Waals surface area (Å²) in [5, 5.41) is 1.15. The van der Waals surface area contributed by atoms with Crippen molar-refractivity contribution in [1.82, 2.24) is 4.98 Å². The standard InChI is InChI=1S/C22H16N2O/c1-2-6-22-21(5-1)18(13-14-23-22)10-7-17-8-11-19(12-9-17)24-16-20-4-3-15-25-20/h1-16H/b10-7+,24-16?. The highest BCUT2D eigenvalue weighted by molar-refractivity contribution is 5.90. The average Bonchev–Trinajstić information content (AvgIpc) is 3.19. The molecule has 0 aliphatic rings. The lowest BCUT2D eigenvalue weighted by Crippen LogP contribution is -1.81. The molecule has 0 bridgehead atoms. The maximum Gasteiger partial charge on any atom is 0.144 e. The Balaban J connectivity index is 1.53. The van der Waals surface area contributed by atoms with Crippen LogP contribution in [0.5, 0.6) is 0 Å². The van der Waals surface area contributed by atoms with E-state index in [0.717, 1.165) is 33.5 Å². The number of aromatic nitrogens is 1. The highest BCUT2D eigenvalue weighted by atomic mass is 16.3. The third-order valence-electron chi connectivity index (χ3n) is 3.92. The van der Waals surface area contributed by atoms with E-state index in [1.54, 1.807) is 12.5 Å². The van der Waals surface area contributed by atoms with Crippen LogP contribution in [-0.2, 0) is 0 Å². The van der Waals surface area contributed by atoms with Crippen molar-refractivity contribution < 1.29 is 4.42 Å². The van der Waals surface area contributed by atoms with Crippen LogP contribution in [0.1, 0.15) is 16.9 Å². The number of aliphatic imine (C=N–C) groups is 1. The normalized spacial score (nSPS) is 11.7. The molecule has 3 nitrogen and oxygen atoms in total. The second kappa shape index (κ2) is 6.97. The number of hydrogen-bond acceptors (Lipinski definition) is 3. The predicted molar refractivity (Wildman–Crippen MR) is 103 cm³/mol. The minimum atomic E-state index is 0.744. The van der Waals surface area contributed by atoms with E-state index in [2.05, 4.69) is 40.3 Å². The smallest absolute Gasteiger partial charge is 0.144 e. The Hall–Kier alpha value is -3.46. The molecule has 25 heavy (non-hydrogen) atoms. The van der Waals surface area contributed by atoms with Gasteiger partial charge in [-0.05, 0) is 47.5 Å². The zero-order chi connectivity index (χ0) is 16.9. The van der Waals surface area contributed by atoms with Crippen LogP contribution >= 0.6 is 0 Å². The number of nitrogens with zero attached hydrogens (tertiary/aromatic N) is 2. The minimum absolute atomic E-state index is 0.744. The molecule has 120 valence electrons. The Labute approximate surface area is 146 Å². The number of rotatable bonds is 4. The van der Waals surface area contributed by atoms with E-state index in [1.807, 2.05) is 54.7 Å². The van der Waals surface area contributed by atoms with Crippen LogP contribution in [0.15, 0.2) is 88.6 Å². The fraction of sp³-hybridized carbons (Fsp3) is 0. The van der Waals surface area contributed by atoms with E-state index in [9.17, 15) is 0 Å². The quantitative estimate of drug-likeness (QED) is 0.448. The topological polar surface area (TPSA) is 38.4 Å². The van der Waals surface area contributed by atoms with Gasteiger partial charge in [-0.25, -0.2) is 0 Å². The molecule has 0 atom stereocenters. The lowest BCUT2D eigenvalue weighted by molar-refractivity contribution is 0.560. The van der Waals surface area contributed by atoms with E-state index < -0.39 is 0 Å². The van der Waals surface area contributed by atoms with Crippen molar-refractivity contribution in [3.8, 4) is 0 Å². The van der Waals surface area contributed by atoms with Gasteiger partial charge in [0.1, 0.15) is 5.76 Å². The van der Waals surface area contributed by atoms with E-state index in [4.69, 9.17) is 4.42 Å². The summed E-state index contributed by atoms with van der Waals surface area (Å²) in [6.07, 6.45) is 9.41. The van der Waals surface area contributed by atoms with Gasteiger partial charge >= 0.3 is 0 Å². The summed E-state index contributed by atoms with van der Waals surface area (Å²) in [6, 6.07) is 22.0. The minimum Gasteiger partial charge on any atom is -0.463 e. The Bertz CT molecular complexity index is 1020. The Morgan fingerprint density at radius 1 is 0.840 bits per heavy atom. The third-order valence-corrected chi connectivity index (χ3v) is 3.92. The molecule has 2 aromatic carbocycles. The second-order valence-corrected chi connectivity index (χ2v) is 5.62. The molecule has 0 aliphatic heterocycles. The van der Waals surface area contributed by atoms with Crippen molar-refractivity contribution >= 4 is 35.0 Å². The molecule has 0 unspecified atom stereocenters. The molecule has 0 radical (unpaired) electrons. The molecule has 2 aromatic heterocycles. The number of fused-ring (bicyclic) bond motifs is 1. The average molecular weight is 324 g/mol. The molecular formula is C22H16N2O. The molecule has 0 amide bonds. The number of pyridine rings is 1. The van der Waals surface area contributed by atoms with Gasteiger partial charge in [0.25, 0.3) is 0 Å². The van der Waals surface area contributed by atoms with Gasteiger partial charge in [0.15, 0.2) is 0 Å². The first kappa shape index (κ1) is 15.1. The van der Waals surface area contributed by atoms with Gasteiger partial charge in [0.2, 0.25) is 0 Å². The van der Waals surface area contributed by atoms with E-state index in [1.165, 1.54) is 0 Å². The van der Waals surface area contributed by atoms with Crippen LogP contribution < -0.4 is 0 Å². The first-order valence-electron chi connectivity index (χ1n) is 8.08. The lowest BCUT2D eigenvalue weighted by atomic mass is 10.1. The van der Waals surface area contributed by atoms with Gasteiger partial charge in [-0.1, -0.05) is 42.5 Å². The van der Waals surface area contributed by atoms with Crippen molar-refractivity contribution in [3.05, 3.63) is 96.1 Å². The molecule has 4 rings (SSSR count). The van der Waals surface area contributed by atoms with Gasteiger partial charge in [-0.2, -0.15) is 0 Å².